The van der Waals surface area contributed by atoms with Crippen molar-refractivity contribution < 1.29 is 42.0 Å². The molecule has 13 heteroatoms. The van der Waals surface area contributed by atoms with E-state index in [1.807, 2.05) is 30.3 Å². The number of carbonyl (C=O) groups is 1. The molecule has 3 aromatic carbocycles. The third kappa shape index (κ3) is 6.08. The maximum atomic E-state index is 14.0. The first-order valence-electron chi connectivity index (χ1n) is 13.8. The van der Waals surface area contributed by atoms with Crippen LogP contribution in [0.25, 0.3) is 11.3 Å². The molecule has 2 aliphatic heterocycles. The molecule has 1 N–H and O–H groups in total. The van der Waals surface area contributed by atoms with Gasteiger partial charge in [-0.1, -0.05) is 66.2 Å². The number of carboxylic acid groups (broad SMARTS) is 1. The highest BCUT2D eigenvalue weighted by atomic mass is 35.5. The van der Waals surface area contributed by atoms with Crippen LogP contribution in [0.1, 0.15) is 30.4 Å². The molecule has 0 spiro atoms. The van der Waals surface area contributed by atoms with E-state index in [1.54, 1.807) is 31.2 Å². The third-order valence-electron chi connectivity index (χ3n) is 7.84. The van der Waals surface area contributed by atoms with Gasteiger partial charge in [-0.3, -0.25) is 0 Å². The van der Waals surface area contributed by atoms with Gasteiger partial charge in [0.2, 0.25) is 0 Å². The van der Waals surface area contributed by atoms with Gasteiger partial charge in [0.1, 0.15) is 17.9 Å². The zero-order valence-corrected chi connectivity index (χ0v) is 24.0. The molecule has 3 heterocycles. The summed E-state index contributed by atoms with van der Waals surface area (Å²) in [5, 5.41) is 19.1. The van der Waals surface area contributed by atoms with Crippen molar-refractivity contribution in [3.05, 3.63) is 107 Å². The summed E-state index contributed by atoms with van der Waals surface area (Å²) >= 11 is 5.97. The van der Waals surface area contributed by atoms with Crippen LogP contribution in [0.5, 0.6) is 0 Å². The summed E-state index contributed by atoms with van der Waals surface area (Å²) in [6.45, 7) is 1.84. The molecule has 0 bridgehead atoms. The van der Waals surface area contributed by atoms with Gasteiger partial charge in [-0.15, -0.1) is 5.10 Å². The number of fused-ring (bicyclic) bond motifs is 1. The standard InChI is InChI=1S/C31H27ClF3N3O6/c1-16-26(38-13-23(36-37-38)19-11-21(33)25(35)22(34)12-19)28-24(15-42-31(44-28)18-5-3-2-4-6-18)43-27(16)29(30(39)40)41-14-17-7-9-20(32)10-8-17/h2-13,16,24,26-29,31H,14-15H2,1H3,(H,39,40)/t16?,24?,26-,27-,28+,29+,31?/m1/s1. The number of rotatable bonds is 8. The van der Waals surface area contributed by atoms with E-state index in [1.165, 1.54) is 10.9 Å². The second-order valence-corrected chi connectivity index (χ2v) is 11.1. The lowest BCUT2D eigenvalue weighted by atomic mass is 9.83. The van der Waals surface area contributed by atoms with E-state index in [9.17, 15) is 23.1 Å². The van der Waals surface area contributed by atoms with Crippen molar-refractivity contribution in [2.24, 2.45) is 5.92 Å². The van der Waals surface area contributed by atoms with Crippen LogP contribution in [0, 0.1) is 23.4 Å². The number of nitrogens with zero attached hydrogens (tertiary/aromatic N) is 3. The number of carboxylic acids is 1. The van der Waals surface area contributed by atoms with E-state index in [0.29, 0.717) is 10.6 Å². The van der Waals surface area contributed by atoms with Crippen LogP contribution >= 0.6 is 11.6 Å². The van der Waals surface area contributed by atoms with E-state index in [0.717, 1.165) is 17.7 Å². The molecule has 7 atom stereocenters. The van der Waals surface area contributed by atoms with E-state index in [-0.39, 0.29) is 24.5 Å². The maximum absolute atomic E-state index is 14.0. The number of halogens is 4. The summed E-state index contributed by atoms with van der Waals surface area (Å²) in [4.78, 5) is 12.5. The van der Waals surface area contributed by atoms with Crippen molar-refractivity contribution in [3.8, 4) is 11.3 Å². The average molecular weight is 630 g/mol. The van der Waals surface area contributed by atoms with E-state index >= 15 is 0 Å². The van der Waals surface area contributed by atoms with Crippen LogP contribution in [0.15, 0.2) is 72.9 Å². The van der Waals surface area contributed by atoms with Crippen molar-refractivity contribution in [1.29, 1.82) is 0 Å². The van der Waals surface area contributed by atoms with E-state index in [4.69, 9.17) is 30.5 Å². The van der Waals surface area contributed by atoms with Gasteiger partial charge in [0, 0.05) is 22.1 Å². The largest absolute Gasteiger partial charge is 0.479 e. The number of aromatic nitrogens is 3. The Hall–Kier alpha value is -3.81. The van der Waals surface area contributed by atoms with Crippen molar-refractivity contribution in [2.45, 2.75) is 50.3 Å². The van der Waals surface area contributed by atoms with E-state index < -0.39 is 66.1 Å². The number of benzene rings is 3. The highest BCUT2D eigenvalue weighted by molar-refractivity contribution is 6.30. The first kappa shape index (κ1) is 30.2. The lowest BCUT2D eigenvalue weighted by Crippen LogP contribution is -2.60. The van der Waals surface area contributed by atoms with Crippen LogP contribution in [-0.4, -0.2) is 57.1 Å². The fraction of sp³-hybridized carbons (Fsp3) is 0.323. The molecule has 44 heavy (non-hydrogen) atoms. The Labute approximate surface area is 255 Å². The Morgan fingerprint density at radius 3 is 2.48 bits per heavy atom. The highest BCUT2D eigenvalue weighted by Crippen LogP contribution is 2.43. The molecule has 3 unspecified atom stereocenters. The predicted molar refractivity (Wildman–Crippen MR) is 150 cm³/mol. The molecule has 0 amide bonds. The fourth-order valence-corrected chi connectivity index (χ4v) is 5.76. The lowest BCUT2D eigenvalue weighted by molar-refractivity contribution is -0.317. The van der Waals surface area contributed by atoms with Gasteiger partial charge >= 0.3 is 5.97 Å². The molecule has 0 radical (unpaired) electrons. The third-order valence-corrected chi connectivity index (χ3v) is 8.09. The van der Waals surface area contributed by atoms with Crippen molar-refractivity contribution in [2.75, 3.05) is 6.61 Å². The number of aliphatic carboxylic acids is 1. The second-order valence-electron chi connectivity index (χ2n) is 10.7. The molecule has 2 fully saturated rings. The fourth-order valence-electron chi connectivity index (χ4n) is 5.64. The van der Waals surface area contributed by atoms with Crippen molar-refractivity contribution in [1.82, 2.24) is 15.0 Å². The number of hydrogen-bond donors (Lipinski definition) is 1. The summed E-state index contributed by atoms with van der Waals surface area (Å²) in [6.07, 6.45) is -3.09. The summed E-state index contributed by atoms with van der Waals surface area (Å²) in [5.41, 5.74) is 1.54. The molecule has 6 rings (SSSR count). The van der Waals surface area contributed by atoms with Gasteiger partial charge < -0.3 is 24.1 Å². The number of hydrogen-bond acceptors (Lipinski definition) is 7. The van der Waals surface area contributed by atoms with Crippen molar-refractivity contribution >= 4 is 17.6 Å². The topological polar surface area (TPSA) is 105 Å². The van der Waals surface area contributed by atoms with Crippen LogP contribution < -0.4 is 0 Å². The normalized spacial score (nSPS) is 25.8. The number of ether oxygens (including phenoxy) is 4. The quantitative estimate of drug-likeness (QED) is 0.246. The molecule has 230 valence electrons. The molecular weight excluding hydrogens is 603 g/mol. The Kier molecular flexibility index (Phi) is 8.70. The molecular formula is C31H27ClF3N3O6. The summed E-state index contributed by atoms with van der Waals surface area (Å²) < 4.78 is 67.7. The van der Waals surface area contributed by atoms with Crippen LogP contribution in [0.4, 0.5) is 13.2 Å². The monoisotopic (exact) mass is 629 g/mol. The van der Waals surface area contributed by atoms with Gasteiger partial charge in [-0.05, 0) is 29.8 Å². The smallest absolute Gasteiger partial charge is 0.335 e. The molecule has 1 aromatic heterocycles. The van der Waals surface area contributed by atoms with Gasteiger partial charge in [0.15, 0.2) is 29.8 Å². The van der Waals surface area contributed by atoms with Gasteiger partial charge in [-0.25, -0.2) is 22.6 Å². The molecule has 0 saturated carbocycles. The minimum absolute atomic E-state index is 0.0161. The Bertz CT molecular complexity index is 1600. The summed E-state index contributed by atoms with van der Waals surface area (Å²) in [6, 6.07) is 17.1. The Balaban J connectivity index is 1.33. The van der Waals surface area contributed by atoms with Gasteiger partial charge in [0.25, 0.3) is 0 Å². The maximum Gasteiger partial charge on any atom is 0.335 e. The van der Waals surface area contributed by atoms with Crippen LogP contribution in [-0.2, 0) is 30.3 Å². The zero-order chi connectivity index (χ0) is 31.0. The highest BCUT2D eigenvalue weighted by Gasteiger charge is 2.53. The first-order chi connectivity index (χ1) is 21.2. The van der Waals surface area contributed by atoms with E-state index in [2.05, 4.69) is 10.3 Å². The molecule has 4 aromatic rings. The van der Waals surface area contributed by atoms with Gasteiger partial charge in [-0.2, -0.15) is 0 Å². The predicted octanol–water partition coefficient (Wildman–Crippen LogP) is 5.74. The molecule has 2 aliphatic rings. The molecule has 2 saturated heterocycles. The Morgan fingerprint density at radius 1 is 1.09 bits per heavy atom. The minimum Gasteiger partial charge on any atom is -0.479 e. The summed E-state index contributed by atoms with van der Waals surface area (Å²) in [7, 11) is 0. The molecule has 0 aliphatic carbocycles. The lowest BCUT2D eigenvalue weighted by Gasteiger charge is -2.49. The minimum atomic E-state index is -1.59. The zero-order valence-electron chi connectivity index (χ0n) is 23.2. The molecule has 9 nitrogen and oxygen atoms in total. The van der Waals surface area contributed by atoms with Crippen LogP contribution in [0.2, 0.25) is 5.02 Å². The van der Waals surface area contributed by atoms with Crippen LogP contribution in [0.3, 0.4) is 0 Å². The Morgan fingerprint density at radius 2 is 1.80 bits per heavy atom. The first-order valence-corrected chi connectivity index (χ1v) is 14.2. The summed E-state index contributed by atoms with van der Waals surface area (Å²) in [5.74, 6) is -6.15. The average Bonchev–Trinajstić information content (AvgIpc) is 3.51. The van der Waals surface area contributed by atoms with Gasteiger partial charge in [0.05, 0.1) is 31.6 Å². The SMILES string of the molecule is CC1[C@H]([C@H](OCc2ccc(Cl)cc2)C(=O)O)OC2COC(c3ccccc3)O[C@@H]2[C@@H]1n1cc(-c2cc(F)c(F)c(F)c2)nn1. The second kappa shape index (κ2) is 12.7. The van der Waals surface area contributed by atoms with Crippen molar-refractivity contribution in [3.63, 3.8) is 0 Å².